The summed E-state index contributed by atoms with van der Waals surface area (Å²) >= 11 is 0. The number of hydrogen-bond acceptors (Lipinski definition) is 4. The van der Waals surface area contributed by atoms with Crippen LogP contribution in [0.1, 0.15) is 44.7 Å². The quantitative estimate of drug-likeness (QED) is 0.771. The zero-order valence-electron chi connectivity index (χ0n) is 16.2. The van der Waals surface area contributed by atoms with Crippen LogP contribution in [-0.4, -0.2) is 52.5 Å². The van der Waals surface area contributed by atoms with Crippen molar-refractivity contribution in [2.75, 3.05) is 13.1 Å². The first-order valence-corrected chi connectivity index (χ1v) is 9.91. The molecule has 27 heavy (non-hydrogen) atoms. The standard InChI is InChI=1S/C20H30N4O3/c1-14-4-3-5-20(27)24(14)13-10-19(26)22-18-7-6-17(18)21-16-8-11-23(12-9-16)15(2)25/h3-5,16-18,21H,6-13H2,1-2H3,(H,22,26). The van der Waals surface area contributed by atoms with Crippen molar-refractivity contribution in [2.45, 2.75) is 70.6 Å². The van der Waals surface area contributed by atoms with Crippen molar-refractivity contribution in [3.05, 3.63) is 34.2 Å². The van der Waals surface area contributed by atoms with Gasteiger partial charge in [-0.05, 0) is 38.7 Å². The number of likely N-dealkylation sites (tertiary alicyclic amines) is 1. The average Bonchev–Trinajstić information content (AvgIpc) is 2.63. The van der Waals surface area contributed by atoms with E-state index in [2.05, 4.69) is 10.6 Å². The topological polar surface area (TPSA) is 83.4 Å². The van der Waals surface area contributed by atoms with Gasteiger partial charge in [0.05, 0.1) is 0 Å². The summed E-state index contributed by atoms with van der Waals surface area (Å²) in [6.07, 6.45) is 4.29. The molecule has 2 fully saturated rings. The van der Waals surface area contributed by atoms with E-state index in [0.29, 0.717) is 25.0 Å². The molecule has 7 heteroatoms. The Morgan fingerprint density at radius 2 is 1.81 bits per heavy atom. The molecule has 1 aromatic heterocycles. The molecule has 2 N–H and O–H groups in total. The highest BCUT2D eigenvalue weighted by atomic mass is 16.2. The van der Waals surface area contributed by atoms with E-state index in [4.69, 9.17) is 0 Å². The Kier molecular flexibility index (Phi) is 6.31. The third-order valence-corrected chi connectivity index (χ3v) is 5.84. The molecule has 2 amide bonds. The van der Waals surface area contributed by atoms with E-state index in [1.165, 1.54) is 6.07 Å². The minimum absolute atomic E-state index is 0.00643. The maximum atomic E-state index is 12.3. The van der Waals surface area contributed by atoms with Crippen molar-refractivity contribution in [3.63, 3.8) is 0 Å². The maximum absolute atomic E-state index is 12.3. The van der Waals surface area contributed by atoms with Gasteiger partial charge in [-0.1, -0.05) is 6.07 Å². The van der Waals surface area contributed by atoms with E-state index < -0.39 is 0 Å². The van der Waals surface area contributed by atoms with Crippen LogP contribution in [0.2, 0.25) is 0 Å². The predicted octanol–water partition coefficient (Wildman–Crippen LogP) is 0.795. The van der Waals surface area contributed by atoms with Crippen molar-refractivity contribution in [1.29, 1.82) is 0 Å². The Hall–Kier alpha value is -2.15. The Labute approximate surface area is 160 Å². The lowest BCUT2D eigenvalue weighted by molar-refractivity contribution is -0.130. The molecule has 2 heterocycles. The summed E-state index contributed by atoms with van der Waals surface area (Å²) in [5.41, 5.74) is 0.804. The van der Waals surface area contributed by atoms with E-state index in [0.717, 1.165) is 44.5 Å². The lowest BCUT2D eigenvalue weighted by atomic mass is 9.85. The van der Waals surface area contributed by atoms with E-state index in [1.807, 2.05) is 17.9 Å². The summed E-state index contributed by atoms with van der Waals surface area (Å²) in [5.74, 6) is 0.142. The second-order valence-electron chi connectivity index (χ2n) is 7.71. The average molecular weight is 374 g/mol. The first-order valence-electron chi connectivity index (χ1n) is 9.91. The van der Waals surface area contributed by atoms with Crippen LogP contribution >= 0.6 is 0 Å². The van der Waals surface area contributed by atoms with Crippen molar-refractivity contribution < 1.29 is 9.59 Å². The zero-order chi connectivity index (χ0) is 19.4. The molecule has 7 nitrogen and oxygen atoms in total. The molecule has 1 aliphatic carbocycles. The highest BCUT2D eigenvalue weighted by Crippen LogP contribution is 2.22. The fraction of sp³-hybridized carbons (Fsp3) is 0.650. The summed E-state index contributed by atoms with van der Waals surface area (Å²) in [7, 11) is 0. The van der Waals surface area contributed by atoms with Crippen LogP contribution in [0.15, 0.2) is 23.0 Å². The normalized spacial score (nSPS) is 23.0. The summed E-state index contributed by atoms with van der Waals surface area (Å²) < 4.78 is 1.64. The molecule has 1 aliphatic heterocycles. The number of piperidine rings is 1. The van der Waals surface area contributed by atoms with Gasteiger partial charge in [0.25, 0.3) is 5.56 Å². The minimum atomic E-state index is -0.0668. The first kappa shape index (κ1) is 19.6. The molecule has 1 saturated heterocycles. The molecule has 2 unspecified atom stereocenters. The van der Waals surface area contributed by atoms with E-state index in [9.17, 15) is 14.4 Å². The van der Waals surface area contributed by atoms with Crippen LogP contribution in [-0.2, 0) is 16.1 Å². The zero-order valence-corrected chi connectivity index (χ0v) is 16.2. The van der Waals surface area contributed by atoms with Crippen molar-refractivity contribution in [1.82, 2.24) is 20.1 Å². The number of aromatic nitrogens is 1. The Morgan fingerprint density at radius 1 is 1.11 bits per heavy atom. The molecule has 148 valence electrons. The lowest BCUT2D eigenvalue weighted by Crippen LogP contribution is -2.60. The third kappa shape index (κ3) is 4.97. The summed E-state index contributed by atoms with van der Waals surface area (Å²) in [6.45, 7) is 5.52. The van der Waals surface area contributed by atoms with Gasteiger partial charge in [-0.25, -0.2) is 0 Å². The van der Waals surface area contributed by atoms with Crippen LogP contribution in [0.25, 0.3) is 0 Å². The number of rotatable bonds is 6. The number of carbonyl (C=O) groups is 2. The SMILES string of the molecule is CC(=O)N1CCC(NC2CCC2NC(=O)CCn2c(C)cccc2=O)CC1. The van der Waals surface area contributed by atoms with Gasteiger partial charge in [-0.3, -0.25) is 14.4 Å². The van der Waals surface area contributed by atoms with E-state index in [-0.39, 0.29) is 23.4 Å². The molecular formula is C20H30N4O3. The number of pyridine rings is 1. The number of carbonyl (C=O) groups excluding carboxylic acids is 2. The van der Waals surface area contributed by atoms with E-state index >= 15 is 0 Å². The van der Waals surface area contributed by atoms with Crippen molar-refractivity contribution in [3.8, 4) is 0 Å². The van der Waals surface area contributed by atoms with Gasteiger partial charge in [0, 0.05) is 62.9 Å². The molecule has 0 aromatic carbocycles. The third-order valence-electron chi connectivity index (χ3n) is 5.84. The number of nitrogens with one attached hydrogen (secondary N) is 2. The second kappa shape index (κ2) is 8.69. The van der Waals surface area contributed by atoms with Crippen LogP contribution in [0, 0.1) is 6.92 Å². The van der Waals surface area contributed by atoms with Crippen LogP contribution < -0.4 is 16.2 Å². The Balaban J connectivity index is 1.41. The lowest BCUT2D eigenvalue weighted by Gasteiger charge is -2.42. The fourth-order valence-corrected chi connectivity index (χ4v) is 3.94. The van der Waals surface area contributed by atoms with Crippen LogP contribution in [0.5, 0.6) is 0 Å². The van der Waals surface area contributed by atoms with Gasteiger partial charge in [0.15, 0.2) is 0 Å². The molecule has 2 aliphatic rings. The number of nitrogens with zero attached hydrogens (tertiary/aromatic N) is 2. The monoisotopic (exact) mass is 374 g/mol. The minimum Gasteiger partial charge on any atom is -0.352 e. The molecule has 0 radical (unpaired) electrons. The highest BCUT2D eigenvalue weighted by Gasteiger charge is 2.34. The van der Waals surface area contributed by atoms with Crippen molar-refractivity contribution in [2.24, 2.45) is 0 Å². The van der Waals surface area contributed by atoms with Crippen LogP contribution in [0.3, 0.4) is 0 Å². The predicted molar refractivity (Wildman–Crippen MR) is 103 cm³/mol. The van der Waals surface area contributed by atoms with Gasteiger partial charge >= 0.3 is 0 Å². The largest absolute Gasteiger partial charge is 0.352 e. The molecule has 0 spiro atoms. The molecule has 3 rings (SSSR count). The maximum Gasteiger partial charge on any atom is 0.250 e. The number of amides is 2. The van der Waals surface area contributed by atoms with Crippen LogP contribution in [0.4, 0.5) is 0 Å². The molecule has 1 saturated carbocycles. The fourth-order valence-electron chi connectivity index (χ4n) is 3.94. The van der Waals surface area contributed by atoms with Gasteiger partial charge in [0.2, 0.25) is 11.8 Å². The Bertz CT molecular complexity index is 737. The van der Waals surface area contributed by atoms with Crippen molar-refractivity contribution >= 4 is 11.8 Å². The number of hydrogen-bond donors (Lipinski definition) is 2. The summed E-state index contributed by atoms with van der Waals surface area (Å²) in [4.78, 5) is 37.5. The molecule has 1 aromatic rings. The van der Waals surface area contributed by atoms with Gasteiger partial charge in [-0.2, -0.15) is 0 Å². The molecule has 0 bridgehead atoms. The van der Waals surface area contributed by atoms with Gasteiger partial charge in [-0.15, -0.1) is 0 Å². The molecule has 2 atom stereocenters. The smallest absolute Gasteiger partial charge is 0.250 e. The highest BCUT2D eigenvalue weighted by molar-refractivity contribution is 5.76. The van der Waals surface area contributed by atoms with Gasteiger partial charge in [0.1, 0.15) is 0 Å². The summed E-state index contributed by atoms with van der Waals surface area (Å²) in [5, 5.41) is 6.77. The molecular weight excluding hydrogens is 344 g/mol. The number of aryl methyl sites for hydroxylation is 1. The first-order chi connectivity index (χ1) is 12.9. The van der Waals surface area contributed by atoms with E-state index in [1.54, 1.807) is 17.6 Å². The second-order valence-corrected chi connectivity index (χ2v) is 7.71. The van der Waals surface area contributed by atoms with Gasteiger partial charge < -0.3 is 20.1 Å². The summed E-state index contributed by atoms with van der Waals surface area (Å²) in [6, 6.07) is 6.02. The Morgan fingerprint density at radius 3 is 2.41 bits per heavy atom.